The number of ether oxygens (including phenoxy) is 1. The first-order chi connectivity index (χ1) is 15.0. The third kappa shape index (κ3) is 4.22. The highest BCUT2D eigenvalue weighted by Gasteiger charge is 2.13. The summed E-state index contributed by atoms with van der Waals surface area (Å²) >= 11 is 5.66. The van der Waals surface area contributed by atoms with Gasteiger partial charge in [0.1, 0.15) is 22.3 Å². The summed E-state index contributed by atoms with van der Waals surface area (Å²) in [6.45, 7) is 0. The lowest BCUT2D eigenvalue weighted by Crippen LogP contribution is -2.25. The molecular weight excluding hydrogens is 417 g/mol. The van der Waals surface area contributed by atoms with Crippen LogP contribution in [0.2, 0.25) is 0 Å². The van der Waals surface area contributed by atoms with Gasteiger partial charge in [0.2, 0.25) is 0 Å². The number of carbonyl (C=O) groups excluding carboxylic acids is 1. The number of nitrogens with zero attached hydrogens (tertiary/aromatic N) is 4. The van der Waals surface area contributed by atoms with Crippen LogP contribution in [0, 0.1) is 5.82 Å². The van der Waals surface area contributed by atoms with E-state index in [1.54, 1.807) is 30.6 Å². The first-order valence-electron chi connectivity index (χ1n) is 9.28. The van der Waals surface area contributed by atoms with Crippen molar-refractivity contribution in [3.63, 3.8) is 0 Å². The van der Waals surface area contributed by atoms with Gasteiger partial charge in [0.25, 0.3) is 0 Å². The fourth-order valence-corrected chi connectivity index (χ4v) is 3.30. The maximum Gasteiger partial charge on any atom is 0.412 e. The van der Waals surface area contributed by atoms with Crippen molar-refractivity contribution in [1.82, 2.24) is 14.4 Å². The number of hydrogen-bond acceptors (Lipinski definition) is 5. The van der Waals surface area contributed by atoms with Gasteiger partial charge in [0, 0.05) is 36.3 Å². The molecule has 0 fully saturated rings. The third-order valence-electron chi connectivity index (χ3n) is 4.75. The second-order valence-corrected chi connectivity index (χ2v) is 7.07. The highest BCUT2D eigenvalue weighted by atomic mass is 32.1. The van der Waals surface area contributed by atoms with E-state index in [4.69, 9.17) is 12.2 Å². The van der Waals surface area contributed by atoms with Crippen LogP contribution >= 0.6 is 12.2 Å². The molecule has 31 heavy (non-hydrogen) atoms. The zero-order valence-electron chi connectivity index (χ0n) is 16.7. The van der Waals surface area contributed by atoms with E-state index in [0.29, 0.717) is 10.8 Å². The summed E-state index contributed by atoms with van der Waals surface area (Å²) in [4.78, 5) is 22.4. The quantitative estimate of drug-likeness (QED) is 0.475. The summed E-state index contributed by atoms with van der Waals surface area (Å²) < 4.78 is 19.7. The molecule has 3 heterocycles. The zero-order chi connectivity index (χ0) is 22.0. The number of aromatic nitrogens is 3. The highest BCUT2D eigenvalue weighted by Crippen LogP contribution is 2.23. The van der Waals surface area contributed by atoms with Crippen LogP contribution in [-0.4, -0.2) is 39.6 Å². The molecule has 7 nitrogen and oxygen atoms in total. The van der Waals surface area contributed by atoms with Gasteiger partial charge in [-0.3, -0.25) is 9.72 Å². The van der Waals surface area contributed by atoms with E-state index in [1.165, 1.54) is 19.2 Å². The number of hydrogen-bond donors (Lipinski definition) is 1. The Hall–Kier alpha value is -3.85. The van der Waals surface area contributed by atoms with Crippen LogP contribution in [-0.2, 0) is 4.74 Å². The number of fused-ring (bicyclic) bond motifs is 1. The van der Waals surface area contributed by atoms with Crippen molar-refractivity contribution in [2.75, 3.05) is 24.4 Å². The summed E-state index contributed by atoms with van der Waals surface area (Å²) in [6.07, 6.45) is 4.71. The molecule has 0 aliphatic carbocycles. The van der Waals surface area contributed by atoms with Gasteiger partial charge in [-0.1, -0.05) is 12.2 Å². The number of halogens is 1. The lowest BCUT2D eigenvalue weighted by molar-refractivity contribution is 0.187. The minimum atomic E-state index is -0.585. The second-order valence-electron chi connectivity index (χ2n) is 6.68. The molecule has 1 N–H and O–H groups in total. The Morgan fingerprint density at radius 3 is 2.55 bits per heavy atom. The number of benzene rings is 1. The van der Waals surface area contributed by atoms with E-state index in [-0.39, 0.29) is 5.82 Å². The second kappa shape index (κ2) is 8.49. The molecule has 9 heteroatoms. The largest absolute Gasteiger partial charge is 0.453 e. The van der Waals surface area contributed by atoms with Gasteiger partial charge in [-0.15, -0.1) is 0 Å². The molecule has 156 valence electrons. The molecule has 0 aliphatic heterocycles. The number of thiocarbonyl (C=S) groups is 1. The fraction of sp³-hybridized carbons (Fsp3) is 0.0909. The van der Waals surface area contributed by atoms with E-state index in [9.17, 15) is 9.18 Å². The van der Waals surface area contributed by atoms with Crippen LogP contribution in [0.3, 0.4) is 0 Å². The molecule has 0 radical (unpaired) electrons. The summed E-state index contributed by atoms with van der Waals surface area (Å²) in [5.74, 6) is 0.0844. The standard InChI is InChI=1S/C22H18FN5O2S/c1-27(17-7-5-16(23)6-8-17)21(31)15-4-10-20-25-12-18(28(20)13-15)14-3-9-19(24-11-14)26-22(29)30-2/h3-13H,1-2H3,(H,24,26,29). The molecule has 1 amide bonds. The maximum atomic E-state index is 13.2. The molecule has 0 unspecified atom stereocenters. The number of carbonyl (C=O) groups is 1. The minimum Gasteiger partial charge on any atom is -0.453 e. The lowest BCUT2D eigenvalue weighted by atomic mass is 10.2. The number of methoxy groups -OCH3 is 1. The van der Waals surface area contributed by atoms with Gasteiger partial charge in [0.15, 0.2) is 0 Å². The van der Waals surface area contributed by atoms with Crippen molar-refractivity contribution < 1.29 is 13.9 Å². The van der Waals surface area contributed by atoms with Gasteiger partial charge in [0.05, 0.1) is 19.0 Å². The Balaban J connectivity index is 1.64. The predicted molar refractivity (Wildman–Crippen MR) is 121 cm³/mol. The average Bonchev–Trinajstić information content (AvgIpc) is 3.22. The molecule has 4 rings (SSSR count). The van der Waals surface area contributed by atoms with Crippen molar-refractivity contribution >= 4 is 40.5 Å². The van der Waals surface area contributed by atoms with Crippen LogP contribution < -0.4 is 10.2 Å². The number of rotatable bonds is 4. The number of anilines is 2. The van der Waals surface area contributed by atoms with E-state index >= 15 is 0 Å². The molecule has 0 saturated heterocycles. The molecular formula is C22H18FN5O2S. The van der Waals surface area contributed by atoms with Crippen molar-refractivity contribution in [3.05, 3.63) is 78.5 Å². The Morgan fingerprint density at radius 1 is 1.10 bits per heavy atom. The van der Waals surface area contributed by atoms with Crippen LogP contribution in [0.25, 0.3) is 16.9 Å². The molecule has 3 aromatic heterocycles. The highest BCUT2D eigenvalue weighted by molar-refractivity contribution is 7.81. The van der Waals surface area contributed by atoms with Crippen molar-refractivity contribution in [2.24, 2.45) is 0 Å². The molecule has 0 bridgehead atoms. The van der Waals surface area contributed by atoms with Gasteiger partial charge in [-0.25, -0.2) is 19.2 Å². The Labute approximate surface area is 183 Å². The maximum absolute atomic E-state index is 13.2. The minimum absolute atomic E-state index is 0.297. The summed E-state index contributed by atoms with van der Waals surface area (Å²) in [6, 6.07) is 13.4. The first kappa shape index (κ1) is 20.4. The normalized spacial score (nSPS) is 10.7. The molecule has 0 spiro atoms. The lowest BCUT2D eigenvalue weighted by Gasteiger charge is -2.20. The van der Waals surface area contributed by atoms with Crippen molar-refractivity contribution in [2.45, 2.75) is 0 Å². The van der Waals surface area contributed by atoms with Crippen molar-refractivity contribution in [1.29, 1.82) is 0 Å². The number of nitrogens with one attached hydrogen (secondary N) is 1. The number of imidazole rings is 1. The Morgan fingerprint density at radius 2 is 1.87 bits per heavy atom. The van der Waals surface area contributed by atoms with E-state index in [1.807, 2.05) is 40.7 Å². The van der Waals surface area contributed by atoms with E-state index < -0.39 is 6.09 Å². The monoisotopic (exact) mass is 435 g/mol. The topological polar surface area (TPSA) is 71.8 Å². The average molecular weight is 435 g/mol. The van der Waals surface area contributed by atoms with Gasteiger partial charge >= 0.3 is 6.09 Å². The zero-order valence-corrected chi connectivity index (χ0v) is 17.6. The first-order valence-corrected chi connectivity index (χ1v) is 9.69. The molecule has 0 saturated carbocycles. The molecule has 4 aromatic rings. The SMILES string of the molecule is COC(=O)Nc1ccc(-c2cnc3ccc(C(=S)N(C)c4ccc(F)cc4)cn23)cn1. The van der Waals surface area contributed by atoms with Gasteiger partial charge in [-0.05, 0) is 48.5 Å². The van der Waals surface area contributed by atoms with E-state index in [2.05, 4.69) is 20.0 Å². The summed E-state index contributed by atoms with van der Waals surface area (Å²) in [5.41, 5.74) is 3.99. The van der Waals surface area contributed by atoms with Gasteiger partial charge in [-0.2, -0.15) is 0 Å². The Bertz CT molecular complexity index is 1260. The van der Waals surface area contributed by atoms with Crippen LogP contribution in [0.4, 0.5) is 20.7 Å². The van der Waals surface area contributed by atoms with Crippen LogP contribution in [0.5, 0.6) is 0 Å². The smallest absolute Gasteiger partial charge is 0.412 e. The fourth-order valence-electron chi connectivity index (χ4n) is 3.07. The summed E-state index contributed by atoms with van der Waals surface area (Å²) in [5, 5.41) is 2.52. The van der Waals surface area contributed by atoms with Crippen LogP contribution in [0.15, 0.2) is 67.1 Å². The van der Waals surface area contributed by atoms with Gasteiger partial charge < -0.3 is 9.64 Å². The molecule has 0 atom stereocenters. The van der Waals surface area contributed by atoms with E-state index in [0.717, 1.165) is 28.2 Å². The number of amides is 1. The third-order valence-corrected chi connectivity index (χ3v) is 5.26. The number of pyridine rings is 2. The summed E-state index contributed by atoms with van der Waals surface area (Å²) in [7, 11) is 3.13. The van der Waals surface area contributed by atoms with Crippen molar-refractivity contribution in [3.8, 4) is 11.3 Å². The Kier molecular flexibility index (Phi) is 5.59. The molecule has 0 aliphatic rings. The molecule has 1 aromatic carbocycles. The van der Waals surface area contributed by atoms with Crippen LogP contribution in [0.1, 0.15) is 5.56 Å². The predicted octanol–water partition coefficient (Wildman–Crippen LogP) is 4.53.